The minimum Gasteiger partial charge on any atom is -0.323 e. The minimum absolute atomic E-state index is 0.0250. The van der Waals surface area contributed by atoms with Gasteiger partial charge in [0.2, 0.25) is 0 Å². The lowest BCUT2D eigenvalue weighted by Gasteiger charge is -2.29. The standard InChI is InChI=1S/C19H21N/c1-19(2,3)18(20)17-12-13-8-4-5-9-14(13)15-10-6-7-11-16(15)17/h4-12,18H,20H2,1-3H3/t18-/m1/s1. The molecule has 1 heteroatoms. The van der Waals surface area contributed by atoms with E-state index in [1.807, 2.05) is 0 Å². The fourth-order valence-corrected chi connectivity index (χ4v) is 2.81. The van der Waals surface area contributed by atoms with Crippen LogP contribution in [0.15, 0.2) is 54.6 Å². The summed E-state index contributed by atoms with van der Waals surface area (Å²) >= 11 is 0. The van der Waals surface area contributed by atoms with Crippen LogP contribution in [-0.2, 0) is 0 Å². The summed E-state index contributed by atoms with van der Waals surface area (Å²) in [6, 6.07) is 19.4. The molecule has 0 amide bonds. The van der Waals surface area contributed by atoms with Gasteiger partial charge in [-0.2, -0.15) is 0 Å². The van der Waals surface area contributed by atoms with Gasteiger partial charge in [0.25, 0.3) is 0 Å². The van der Waals surface area contributed by atoms with Gasteiger partial charge in [0.05, 0.1) is 0 Å². The van der Waals surface area contributed by atoms with Crippen LogP contribution in [0.1, 0.15) is 32.4 Å². The first-order chi connectivity index (χ1) is 9.48. The lowest BCUT2D eigenvalue weighted by molar-refractivity contribution is 0.329. The van der Waals surface area contributed by atoms with Gasteiger partial charge in [-0.25, -0.2) is 0 Å². The second kappa shape index (κ2) is 4.60. The topological polar surface area (TPSA) is 26.0 Å². The van der Waals surface area contributed by atoms with E-state index in [9.17, 15) is 0 Å². The predicted octanol–water partition coefficient (Wildman–Crippen LogP) is 5.04. The Hall–Kier alpha value is -1.86. The van der Waals surface area contributed by atoms with E-state index in [-0.39, 0.29) is 11.5 Å². The number of rotatable bonds is 1. The Morgan fingerprint density at radius 1 is 0.800 bits per heavy atom. The summed E-state index contributed by atoms with van der Waals surface area (Å²) in [7, 11) is 0. The van der Waals surface area contributed by atoms with Crippen LogP contribution in [0.5, 0.6) is 0 Å². The first kappa shape index (κ1) is 13.1. The Bertz CT molecular complexity index is 765. The van der Waals surface area contributed by atoms with Crippen molar-refractivity contribution in [3.8, 4) is 0 Å². The van der Waals surface area contributed by atoms with Gasteiger partial charge in [-0.1, -0.05) is 69.3 Å². The smallest absolute Gasteiger partial charge is 0.0350 e. The Labute approximate surface area is 120 Å². The van der Waals surface area contributed by atoms with E-state index < -0.39 is 0 Å². The third-order valence-corrected chi connectivity index (χ3v) is 4.07. The summed E-state index contributed by atoms with van der Waals surface area (Å²) in [5.41, 5.74) is 7.82. The molecular weight excluding hydrogens is 242 g/mol. The summed E-state index contributed by atoms with van der Waals surface area (Å²) in [6.45, 7) is 6.59. The maximum absolute atomic E-state index is 6.53. The summed E-state index contributed by atoms with van der Waals surface area (Å²) in [6.07, 6.45) is 0. The average Bonchev–Trinajstić information content (AvgIpc) is 2.44. The number of nitrogens with two attached hydrogens (primary N) is 1. The fourth-order valence-electron chi connectivity index (χ4n) is 2.81. The predicted molar refractivity (Wildman–Crippen MR) is 87.8 cm³/mol. The van der Waals surface area contributed by atoms with Crippen LogP contribution in [0, 0.1) is 5.41 Å². The van der Waals surface area contributed by atoms with Crippen molar-refractivity contribution in [2.75, 3.05) is 0 Å². The second-order valence-electron chi connectivity index (χ2n) is 6.58. The zero-order valence-electron chi connectivity index (χ0n) is 12.4. The molecule has 0 fully saturated rings. The summed E-state index contributed by atoms with van der Waals surface area (Å²) < 4.78 is 0. The molecule has 3 aromatic rings. The van der Waals surface area contributed by atoms with Gasteiger partial charge in [-0.3, -0.25) is 0 Å². The Balaban J connectivity index is 2.41. The Morgan fingerprint density at radius 2 is 1.35 bits per heavy atom. The first-order valence-corrected chi connectivity index (χ1v) is 7.14. The van der Waals surface area contributed by atoms with E-state index in [0.29, 0.717) is 0 Å². The maximum atomic E-state index is 6.53. The monoisotopic (exact) mass is 263 g/mol. The van der Waals surface area contributed by atoms with Crippen molar-refractivity contribution in [1.82, 2.24) is 0 Å². The molecule has 102 valence electrons. The van der Waals surface area contributed by atoms with Crippen molar-refractivity contribution in [2.45, 2.75) is 26.8 Å². The van der Waals surface area contributed by atoms with E-state index in [1.54, 1.807) is 0 Å². The highest BCUT2D eigenvalue weighted by atomic mass is 14.7. The van der Waals surface area contributed by atoms with E-state index in [2.05, 4.69) is 75.4 Å². The molecule has 0 bridgehead atoms. The molecule has 20 heavy (non-hydrogen) atoms. The second-order valence-corrected chi connectivity index (χ2v) is 6.58. The van der Waals surface area contributed by atoms with Crippen molar-refractivity contribution in [1.29, 1.82) is 0 Å². The molecule has 3 rings (SSSR count). The zero-order valence-corrected chi connectivity index (χ0v) is 12.4. The highest BCUT2D eigenvalue weighted by molar-refractivity contribution is 6.09. The van der Waals surface area contributed by atoms with Crippen molar-refractivity contribution < 1.29 is 0 Å². The van der Waals surface area contributed by atoms with Gasteiger partial charge in [0.15, 0.2) is 0 Å². The summed E-state index contributed by atoms with van der Waals surface area (Å²) in [4.78, 5) is 0. The van der Waals surface area contributed by atoms with E-state index in [4.69, 9.17) is 5.73 Å². The molecule has 0 heterocycles. The van der Waals surface area contributed by atoms with Gasteiger partial charge in [0, 0.05) is 6.04 Å². The Morgan fingerprint density at radius 3 is 2.00 bits per heavy atom. The lowest BCUT2D eigenvalue weighted by Crippen LogP contribution is -2.26. The quantitative estimate of drug-likeness (QED) is 0.612. The molecule has 1 atom stereocenters. The maximum Gasteiger partial charge on any atom is 0.0350 e. The zero-order chi connectivity index (χ0) is 14.3. The largest absolute Gasteiger partial charge is 0.323 e. The van der Waals surface area contributed by atoms with Crippen LogP contribution >= 0.6 is 0 Å². The van der Waals surface area contributed by atoms with Gasteiger partial charge in [-0.15, -0.1) is 0 Å². The highest BCUT2D eigenvalue weighted by Gasteiger charge is 2.24. The molecule has 0 radical (unpaired) electrons. The highest BCUT2D eigenvalue weighted by Crippen LogP contribution is 2.37. The van der Waals surface area contributed by atoms with Crippen LogP contribution in [0.25, 0.3) is 21.5 Å². The van der Waals surface area contributed by atoms with Gasteiger partial charge < -0.3 is 5.73 Å². The van der Waals surface area contributed by atoms with Crippen molar-refractivity contribution in [3.63, 3.8) is 0 Å². The van der Waals surface area contributed by atoms with Crippen LogP contribution in [0.2, 0.25) is 0 Å². The molecule has 0 spiro atoms. The number of benzene rings is 3. The molecule has 3 aromatic carbocycles. The minimum atomic E-state index is 0.0250. The summed E-state index contributed by atoms with van der Waals surface area (Å²) in [5.74, 6) is 0. The number of hydrogen-bond donors (Lipinski definition) is 1. The van der Waals surface area contributed by atoms with E-state index in [1.165, 1.54) is 27.1 Å². The Kier molecular flexibility index (Phi) is 3.02. The van der Waals surface area contributed by atoms with Gasteiger partial charge >= 0.3 is 0 Å². The van der Waals surface area contributed by atoms with E-state index in [0.717, 1.165) is 0 Å². The normalized spacial score (nSPS) is 13.8. The third-order valence-electron chi connectivity index (χ3n) is 4.07. The van der Waals surface area contributed by atoms with Crippen molar-refractivity contribution >= 4 is 21.5 Å². The SMILES string of the molecule is CC(C)(C)[C@H](N)c1cc2ccccc2c2ccccc12. The molecular formula is C19H21N. The lowest BCUT2D eigenvalue weighted by atomic mass is 9.80. The number of fused-ring (bicyclic) bond motifs is 3. The van der Waals surface area contributed by atoms with Crippen LogP contribution in [0.3, 0.4) is 0 Å². The van der Waals surface area contributed by atoms with Crippen LogP contribution in [-0.4, -0.2) is 0 Å². The molecule has 2 N–H and O–H groups in total. The molecule has 0 saturated heterocycles. The molecule has 0 unspecified atom stereocenters. The molecule has 0 saturated carbocycles. The summed E-state index contributed by atoms with van der Waals surface area (Å²) in [5, 5.41) is 5.13. The molecule has 0 aliphatic rings. The molecule has 0 aliphatic carbocycles. The molecule has 1 nitrogen and oxygen atoms in total. The van der Waals surface area contributed by atoms with Crippen molar-refractivity contribution in [2.24, 2.45) is 11.1 Å². The molecule has 0 aromatic heterocycles. The average molecular weight is 263 g/mol. The molecule has 0 aliphatic heterocycles. The van der Waals surface area contributed by atoms with Crippen LogP contribution < -0.4 is 5.73 Å². The third kappa shape index (κ3) is 2.08. The van der Waals surface area contributed by atoms with Crippen LogP contribution in [0.4, 0.5) is 0 Å². The van der Waals surface area contributed by atoms with Gasteiger partial charge in [-0.05, 0) is 38.6 Å². The van der Waals surface area contributed by atoms with E-state index >= 15 is 0 Å². The fraction of sp³-hybridized carbons (Fsp3) is 0.263. The number of hydrogen-bond acceptors (Lipinski definition) is 1. The van der Waals surface area contributed by atoms with Crippen molar-refractivity contribution in [3.05, 3.63) is 60.2 Å². The van der Waals surface area contributed by atoms with Gasteiger partial charge in [0.1, 0.15) is 0 Å². The first-order valence-electron chi connectivity index (χ1n) is 7.14.